The van der Waals surface area contributed by atoms with E-state index in [-0.39, 0.29) is 12.1 Å². The second-order valence-electron chi connectivity index (χ2n) is 5.31. The van der Waals surface area contributed by atoms with Crippen molar-refractivity contribution >= 4 is 22.5 Å². The van der Waals surface area contributed by atoms with Crippen molar-refractivity contribution in [2.75, 3.05) is 5.32 Å². The topological polar surface area (TPSA) is 44.9 Å². The fourth-order valence-corrected chi connectivity index (χ4v) is 2.45. The maximum atomic E-state index is 13.3. The highest BCUT2D eigenvalue weighted by atomic mass is 19.4. The van der Waals surface area contributed by atoms with Crippen molar-refractivity contribution in [1.82, 2.24) is 4.98 Å². The van der Waals surface area contributed by atoms with Crippen LogP contribution in [0.4, 0.5) is 23.2 Å². The predicted molar refractivity (Wildman–Crippen MR) is 82.0 cm³/mol. The van der Waals surface area contributed by atoms with Crippen LogP contribution < -0.4 is 5.32 Å². The molecule has 24 heavy (non-hydrogen) atoms. The van der Waals surface area contributed by atoms with Gasteiger partial charge in [-0.1, -0.05) is 6.07 Å². The van der Waals surface area contributed by atoms with Gasteiger partial charge in [-0.2, -0.15) is 13.2 Å². The van der Waals surface area contributed by atoms with E-state index in [1.54, 1.807) is 12.3 Å². The summed E-state index contributed by atoms with van der Waals surface area (Å²) < 4.78 is 51.3. The molecule has 3 nitrogen and oxygen atoms in total. The lowest BCUT2D eigenvalue weighted by molar-refractivity contribution is -0.137. The molecule has 1 heterocycles. The van der Waals surface area contributed by atoms with Gasteiger partial charge in [0.25, 0.3) is 0 Å². The van der Waals surface area contributed by atoms with Crippen LogP contribution in [0, 0.1) is 5.82 Å². The number of carbonyl (C=O) groups excluding carboxylic acids is 1. The van der Waals surface area contributed by atoms with Crippen molar-refractivity contribution in [3.05, 3.63) is 65.6 Å². The molecule has 0 bridgehead atoms. The van der Waals surface area contributed by atoms with E-state index in [4.69, 9.17) is 0 Å². The van der Waals surface area contributed by atoms with E-state index in [0.29, 0.717) is 16.5 Å². The Labute approximate surface area is 134 Å². The predicted octanol–water partition coefficient (Wildman–Crippen LogP) is 4.51. The van der Waals surface area contributed by atoms with Crippen molar-refractivity contribution in [2.24, 2.45) is 0 Å². The summed E-state index contributed by atoms with van der Waals surface area (Å²) in [6, 6.07) is 8.55. The number of anilines is 1. The first-order valence-electron chi connectivity index (χ1n) is 7.05. The first kappa shape index (κ1) is 16.0. The Bertz CT molecular complexity index is 899. The summed E-state index contributed by atoms with van der Waals surface area (Å²) in [5.74, 6) is -0.916. The lowest BCUT2D eigenvalue weighted by atomic mass is 10.1. The van der Waals surface area contributed by atoms with Crippen LogP contribution in [-0.2, 0) is 17.4 Å². The molecule has 1 aromatic heterocycles. The van der Waals surface area contributed by atoms with Crippen molar-refractivity contribution in [2.45, 2.75) is 12.6 Å². The average Bonchev–Trinajstić information content (AvgIpc) is 2.89. The molecule has 0 spiro atoms. The number of aromatic amines is 1. The maximum absolute atomic E-state index is 13.3. The standard InChI is InChI=1S/C17H12F4N2O/c18-12-4-5-15-14(8-12)10(9-22-15)6-16(24)23-13-3-1-2-11(7-13)17(19,20)21/h1-5,7-9,22H,6H2,(H,23,24). The third-order valence-corrected chi connectivity index (χ3v) is 3.55. The number of halogens is 4. The van der Waals surface area contributed by atoms with E-state index in [0.717, 1.165) is 12.1 Å². The van der Waals surface area contributed by atoms with Gasteiger partial charge in [0, 0.05) is 22.8 Å². The van der Waals surface area contributed by atoms with Gasteiger partial charge in [0.2, 0.25) is 5.91 Å². The van der Waals surface area contributed by atoms with Crippen LogP contribution in [0.25, 0.3) is 10.9 Å². The number of H-pyrrole nitrogens is 1. The van der Waals surface area contributed by atoms with E-state index >= 15 is 0 Å². The highest BCUT2D eigenvalue weighted by molar-refractivity contribution is 5.95. The Morgan fingerprint density at radius 1 is 1.12 bits per heavy atom. The summed E-state index contributed by atoms with van der Waals surface area (Å²) in [4.78, 5) is 15.0. The zero-order valence-corrected chi connectivity index (χ0v) is 12.2. The van der Waals surface area contributed by atoms with E-state index < -0.39 is 23.5 Å². The number of carbonyl (C=O) groups is 1. The summed E-state index contributed by atoms with van der Waals surface area (Å²) >= 11 is 0. The minimum atomic E-state index is -4.48. The average molecular weight is 336 g/mol. The molecule has 2 aromatic carbocycles. The van der Waals surface area contributed by atoms with E-state index in [2.05, 4.69) is 10.3 Å². The first-order chi connectivity index (χ1) is 11.3. The van der Waals surface area contributed by atoms with Crippen LogP contribution in [0.1, 0.15) is 11.1 Å². The van der Waals surface area contributed by atoms with Crippen LogP contribution in [-0.4, -0.2) is 10.9 Å². The molecular weight excluding hydrogens is 324 g/mol. The second kappa shape index (κ2) is 5.99. The fourth-order valence-electron chi connectivity index (χ4n) is 2.45. The van der Waals surface area contributed by atoms with Gasteiger partial charge in [0.05, 0.1) is 12.0 Å². The van der Waals surface area contributed by atoms with Crippen molar-refractivity contribution in [3.63, 3.8) is 0 Å². The number of aromatic nitrogens is 1. The number of hydrogen-bond acceptors (Lipinski definition) is 1. The summed E-state index contributed by atoms with van der Waals surface area (Å²) in [6.07, 6.45) is -2.98. The van der Waals surface area contributed by atoms with Crippen LogP contribution >= 0.6 is 0 Å². The number of benzene rings is 2. The number of rotatable bonds is 3. The molecule has 0 aliphatic carbocycles. The molecule has 7 heteroatoms. The van der Waals surface area contributed by atoms with Crippen LogP contribution in [0.5, 0.6) is 0 Å². The van der Waals surface area contributed by atoms with Gasteiger partial charge in [-0.3, -0.25) is 4.79 Å². The van der Waals surface area contributed by atoms with E-state index in [1.807, 2.05) is 0 Å². The maximum Gasteiger partial charge on any atom is 0.416 e. The van der Waals surface area contributed by atoms with Gasteiger partial charge >= 0.3 is 6.18 Å². The Morgan fingerprint density at radius 3 is 2.67 bits per heavy atom. The van der Waals surface area contributed by atoms with E-state index in [1.165, 1.54) is 24.3 Å². The Kier molecular flexibility index (Phi) is 4.01. The van der Waals surface area contributed by atoms with Gasteiger partial charge in [0.15, 0.2) is 0 Å². The molecule has 1 amide bonds. The molecule has 2 N–H and O–H groups in total. The Morgan fingerprint density at radius 2 is 1.92 bits per heavy atom. The smallest absolute Gasteiger partial charge is 0.361 e. The highest BCUT2D eigenvalue weighted by Crippen LogP contribution is 2.30. The first-order valence-corrected chi connectivity index (χ1v) is 7.05. The van der Waals surface area contributed by atoms with Crippen LogP contribution in [0.2, 0.25) is 0 Å². The van der Waals surface area contributed by atoms with Gasteiger partial charge in [-0.05, 0) is 42.0 Å². The molecule has 0 saturated carbocycles. The minimum Gasteiger partial charge on any atom is -0.361 e. The lowest BCUT2D eigenvalue weighted by Gasteiger charge is -2.09. The molecule has 3 aromatic rings. The third-order valence-electron chi connectivity index (χ3n) is 3.55. The van der Waals surface area contributed by atoms with E-state index in [9.17, 15) is 22.4 Å². The molecule has 0 unspecified atom stereocenters. The van der Waals surface area contributed by atoms with Crippen molar-refractivity contribution < 1.29 is 22.4 Å². The molecule has 0 aliphatic rings. The van der Waals surface area contributed by atoms with Crippen LogP contribution in [0.15, 0.2) is 48.7 Å². The highest BCUT2D eigenvalue weighted by Gasteiger charge is 2.30. The number of hydrogen-bond donors (Lipinski definition) is 2. The summed E-state index contributed by atoms with van der Waals surface area (Å²) in [7, 11) is 0. The number of fused-ring (bicyclic) bond motifs is 1. The van der Waals surface area contributed by atoms with Crippen molar-refractivity contribution in [3.8, 4) is 0 Å². The zero-order chi connectivity index (χ0) is 17.3. The summed E-state index contributed by atoms with van der Waals surface area (Å²) in [5.41, 5.74) is 0.461. The van der Waals surface area contributed by atoms with Gasteiger partial charge in [-0.25, -0.2) is 4.39 Å². The quantitative estimate of drug-likeness (QED) is 0.679. The number of alkyl halides is 3. The molecule has 3 rings (SSSR count). The van der Waals surface area contributed by atoms with Crippen molar-refractivity contribution in [1.29, 1.82) is 0 Å². The normalized spacial score (nSPS) is 11.7. The Hall–Kier alpha value is -2.83. The fraction of sp³-hybridized carbons (Fsp3) is 0.118. The molecule has 0 fully saturated rings. The molecular formula is C17H12F4N2O. The monoisotopic (exact) mass is 336 g/mol. The number of amides is 1. The molecule has 0 atom stereocenters. The zero-order valence-electron chi connectivity index (χ0n) is 12.2. The molecule has 0 radical (unpaired) electrons. The summed E-state index contributed by atoms with van der Waals surface area (Å²) in [5, 5.41) is 2.99. The number of nitrogens with one attached hydrogen (secondary N) is 2. The molecule has 0 aliphatic heterocycles. The van der Waals surface area contributed by atoms with Gasteiger partial charge < -0.3 is 10.3 Å². The molecule has 0 saturated heterocycles. The third kappa shape index (κ3) is 3.40. The van der Waals surface area contributed by atoms with Gasteiger partial charge in [0.1, 0.15) is 5.82 Å². The minimum absolute atomic E-state index is 0.0563. The summed E-state index contributed by atoms with van der Waals surface area (Å²) in [6.45, 7) is 0. The second-order valence-corrected chi connectivity index (χ2v) is 5.31. The Balaban J connectivity index is 1.77. The van der Waals surface area contributed by atoms with Crippen LogP contribution in [0.3, 0.4) is 0 Å². The SMILES string of the molecule is O=C(Cc1c[nH]c2ccc(F)cc12)Nc1cccc(C(F)(F)F)c1. The largest absolute Gasteiger partial charge is 0.416 e. The lowest BCUT2D eigenvalue weighted by Crippen LogP contribution is -2.15. The molecule has 124 valence electrons. The van der Waals surface area contributed by atoms with Gasteiger partial charge in [-0.15, -0.1) is 0 Å².